The average molecular weight is 409 g/mol. The lowest BCUT2D eigenvalue weighted by Crippen LogP contribution is -2.58. The third kappa shape index (κ3) is 3.75. The van der Waals surface area contributed by atoms with Crippen LogP contribution in [0.1, 0.15) is 81.8 Å². The molecule has 1 amide bonds. The van der Waals surface area contributed by atoms with Gasteiger partial charge in [0.2, 0.25) is 0 Å². The van der Waals surface area contributed by atoms with E-state index in [2.05, 4.69) is 42.6 Å². The van der Waals surface area contributed by atoms with Gasteiger partial charge in [-0.15, -0.1) is 0 Å². The van der Waals surface area contributed by atoms with Gasteiger partial charge in [-0.3, -0.25) is 4.79 Å². The van der Waals surface area contributed by atoms with Gasteiger partial charge in [-0.25, -0.2) is 4.98 Å². The van der Waals surface area contributed by atoms with Crippen LogP contribution in [0.15, 0.2) is 30.6 Å². The number of aromatic nitrogens is 2. The van der Waals surface area contributed by atoms with E-state index in [4.69, 9.17) is 4.98 Å². The maximum atomic E-state index is 13.4. The molecule has 2 aliphatic rings. The van der Waals surface area contributed by atoms with Crippen molar-refractivity contribution in [2.45, 2.75) is 77.8 Å². The van der Waals surface area contributed by atoms with Gasteiger partial charge >= 0.3 is 0 Å². The van der Waals surface area contributed by atoms with E-state index in [0.717, 1.165) is 24.4 Å². The van der Waals surface area contributed by atoms with E-state index in [1.165, 1.54) is 43.1 Å². The molecule has 2 fully saturated rings. The van der Waals surface area contributed by atoms with Gasteiger partial charge in [0.15, 0.2) is 0 Å². The number of rotatable bonds is 4. The number of piperazine rings is 1. The molecule has 4 rings (SSSR count). The fourth-order valence-electron chi connectivity index (χ4n) is 5.05. The van der Waals surface area contributed by atoms with Crippen molar-refractivity contribution in [3.05, 3.63) is 41.9 Å². The molecule has 1 N–H and O–H groups in total. The summed E-state index contributed by atoms with van der Waals surface area (Å²) >= 11 is 0. The second kappa shape index (κ2) is 8.09. The molecule has 5 nitrogen and oxygen atoms in total. The van der Waals surface area contributed by atoms with Gasteiger partial charge in [-0.1, -0.05) is 39.7 Å². The number of pyridine rings is 1. The molecule has 1 saturated carbocycles. The van der Waals surface area contributed by atoms with Crippen molar-refractivity contribution < 1.29 is 4.79 Å². The number of amides is 1. The Morgan fingerprint density at radius 2 is 2.00 bits per heavy atom. The molecule has 30 heavy (non-hydrogen) atoms. The van der Waals surface area contributed by atoms with E-state index in [9.17, 15) is 4.79 Å². The molecule has 0 radical (unpaired) electrons. The van der Waals surface area contributed by atoms with Crippen LogP contribution in [0.5, 0.6) is 0 Å². The number of carbonyl (C=O) groups is 1. The smallest absolute Gasteiger partial charge is 0.273 e. The van der Waals surface area contributed by atoms with Crippen LogP contribution in [0.3, 0.4) is 0 Å². The highest BCUT2D eigenvalue weighted by atomic mass is 16.2. The van der Waals surface area contributed by atoms with Crippen molar-refractivity contribution in [1.29, 1.82) is 0 Å². The standard InChI is InChI=1S/C25H36N4O/c1-17(2)15-28-16-21(19-9-7-6-8-10-19)20-11-12-22(27-23(20)28)24(30)29-14-13-26-18(3)25(29,4)5/h11-12,16-17,19,26H,3,6-10,13-15H2,1-2,4-5H3. The zero-order valence-corrected chi connectivity index (χ0v) is 19.0. The predicted molar refractivity (Wildman–Crippen MR) is 123 cm³/mol. The molecule has 0 aromatic carbocycles. The summed E-state index contributed by atoms with van der Waals surface area (Å²) < 4.78 is 2.28. The molecule has 3 heterocycles. The van der Waals surface area contributed by atoms with Crippen LogP contribution >= 0.6 is 0 Å². The number of hydrogen-bond acceptors (Lipinski definition) is 3. The topological polar surface area (TPSA) is 50.2 Å². The quantitative estimate of drug-likeness (QED) is 0.768. The maximum Gasteiger partial charge on any atom is 0.273 e. The highest BCUT2D eigenvalue weighted by molar-refractivity contribution is 5.96. The molecule has 5 heteroatoms. The molecule has 1 aliphatic carbocycles. The van der Waals surface area contributed by atoms with Crippen LogP contribution in [0.4, 0.5) is 0 Å². The van der Waals surface area contributed by atoms with Crippen molar-refractivity contribution in [3.8, 4) is 0 Å². The first kappa shape index (κ1) is 21.0. The van der Waals surface area contributed by atoms with E-state index < -0.39 is 5.54 Å². The Bertz CT molecular complexity index is 949. The van der Waals surface area contributed by atoms with Crippen LogP contribution in [-0.4, -0.2) is 39.0 Å². The molecular weight excluding hydrogens is 372 g/mol. The SMILES string of the molecule is C=C1NCCN(C(=O)c2ccc3c(C4CCCCC4)cn(CC(C)C)c3n2)C1(C)C. The van der Waals surface area contributed by atoms with Gasteiger partial charge in [-0.05, 0) is 56.2 Å². The predicted octanol–water partition coefficient (Wildman–Crippen LogP) is 5.08. The number of nitrogens with zero attached hydrogens (tertiary/aromatic N) is 3. The monoisotopic (exact) mass is 408 g/mol. The summed E-state index contributed by atoms with van der Waals surface area (Å²) in [5.41, 5.74) is 3.36. The van der Waals surface area contributed by atoms with Crippen LogP contribution in [0.2, 0.25) is 0 Å². The minimum absolute atomic E-state index is 0.0129. The fraction of sp³-hybridized carbons (Fsp3) is 0.600. The Morgan fingerprint density at radius 1 is 1.27 bits per heavy atom. The van der Waals surface area contributed by atoms with E-state index in [0.29, 0.717) is 24.1 Å². The van der Waals surface area contributed by atoms with Crippen LogP contribution in [0, 0.1) is 5.92 Å². The van der Waals surface area contributed by atoms with Crippen molar-refractivity contribution in [1.82, 2.24) is 19.8 Å². The number of hydrogen-bond donors (Lipinski definition) is 1. The van der Waals surface area contributed by atoms with Crippen molar-refractivity contribution in [2.24, 2.45) is 5.92 Å². The minimum atomic E-state index is -0.431. The van der Waals surface area contributed by atoms with E-state index in [-0.39, 0.29) is 5.91 Å². The summed E-state index contributed by atoms with van der Waals surface area (Å²) in [6.07, 6.45) is 8.82. The third-order valence-corrected chi connectivity index (χ3v) is 6.91. The number of fused-ring (bicyclic) bond motifs is 1. The van der Waals surface area contributed by atoms with Gasteiger partial charge in [0.05, 0.1) is 5.54 Å². The first-order chi connectivity index (χ1) is 14.3. The lowest BCUT2D eigenvalue weighted by molar-refractivity contribution is 0.0552. The Morgan fingerprint density at radius 3 is 2.70 bits per heavy atom. The van der Waals surface area contributed by atoms with E-state index in [1.54, 1.807) is 0 Å². The highest BCUT2D eigenvalue weighted by Gasteiger charge is 2.37. The average Bonchev–Trinajstić information content (AvgIpc) is 3.07. The van der Waals surface area contributed by atoms with Crippen LogP contribution < -0.4 is 5.32 Å². The molecule has 1 aliphatic heterocycles. The third-order valence-electron chi connectivity index (χ3n) is 6.91. The normalized spacial score (nSPS) is 20.0. The summed E-state index contributed by atoms with van der Waals surface area (Å²) in [6.45, 7) is 15.0. The lowest BCUT2D eigenvalue weighted by Gasteiger charge is -2.44. The second-order valence-corrected chi connectivity index (χ2v) is 9.95. The summed E-state index contributed by atoms with van der Waals surface area (Å²) in [6, 6.07) is 4.07. The van der Waals surface area contributed by atoms with E-state index >= 15 is 0 Å². The minimum Gasteiger partial charge on any atom is -0.385 e. The summed E-state index contributed by atoms with van der Waals surface area (Å²) in [7, 11) is 0. The van der Waals surface area contributed by atoms with E-state index in [1.807, 2.05) is 24.8 Å². The van der Waals surface area contributed by atoms with Gasteiger partial charge in [-0.2, -0.15) is 0 Å². The second-order valence-electron chi connectivity index (χ2n) is 9.95. The van der Waals surface area contributed by atoms with Crippen molar-refractivity contribution in [2.75, 3.05) is 13.1 Å². The van der Waals surface area contributed by atoms with Crippen LogP contribution in [0.25, 0.3) is 11.0 Å². The molecule has 0 atom stereocenters. The fourth-order valence-corrected chi connectivity index (χ4v) is 5.05. The lowest BCUT2D eigenvalue weighted by atomic mass is 9.84. The highest BCUT2D eigenvalue weighted by Crippen LogP contribution is 2.37. The number of carbonyl (C=O) groups excluding carboxylic acids is 1. The summed E-state index contributed by atoms with van der Waals surface area (Å²) in [5, 5.41) is 4.52. The van der Waals surface area contributed by atoms with Gasteiger partial charge in [0.25, 0.3) is 5.91 Å². The number of nitrogens with one attached hydrogen (secondary N) is 1. The molecule has 0 spiro atoms. The molecule has 2 aromatic rings. The summed E-state index contributed by atoms with van der Waals surface area (Å²) in [4.78, 5) is 20.3. The Kier molecular flexibility index (Phi) is 5.65. The molecule has 0 unspecified atom stereocenters. The first-order valence-corrected chi connectivity index (χ1v) is 11.5. The summed E-state index contributed by atoms with van der Waals surface area (Å²) in [5.74, 6) is 1.13. The zero-order valence-electron chi connectivity index (χ0n) is 19.0. The Labute approximate surface area is 180 Å². The van der Waals surface area contributed by atoms with Crippen molar-refractivity contribution >= 4 is 16.9 Å². The first-order valence-electron chi connectivity index (χ1n) is 11.5. The van der Waals surface area contributed by atoms with Crippen molar-refractivity contribution in [3.63, 3.8) is 0 Å². The Balaban J connectivity index is 1.73. The molecule has 0 bridgehead atoms. The van der Waals surface area contributed by atoms with Crippen LogP contribution in [-0.2, 0) is 6.54 Å². The molecule has 2 aromatic heterocycles. The van der Waals surface area contributed by atoms with Gasteiger partial charge in [0.1, 0.15) is 11.3 Å². The zero-order chi connectivity index (χ0) is 21.5. The molecule has 162 valence electrons. The van der Waals surface area contributed by atoms with Gasteiger partial charge in [0, 0.05) is 36.9 Å². The largest absolute Gasteiger partial charge is 0.385 e. The molecule has 1 saturated heterocycles. The molecular formula is C25H36N4O. The maximum absolute atomic E-state index is 13.4. The van der Waals surface area contributed by atoms with Gasteiger partial charge < -0.3 is 14.8 Å². The Hall–Kier alpha value is -2.30.